The first kappa shape index (κ1) is 30.1. The second-order valence-corrected chi connectivity index (χ2v) is 11.3. The number of hydrogen-bond donors (Lipinski definition) is 2. The van der Waals surface area contributed by atoms with E-state index in [1.165, 1.54) is 14.2 Å². The molecule has 224 valence electrons. The zero-order valence-electron chi connectivity index (χ0n) is 24.0. The number of rotatable bonds is 10. The van der Waals surface area contributed by atoms with E-state index in [0.29, 0.717) is 73.4 Å². The summed E-state index contributed by atoms with van der Waals surface area (Å²) in [6.07, 6.45) is 4.16. The molecule has 1 amide bonds. The molecule has 2 N–H and O–H groups in total. The molecule has 5 rings (SSSR count). The van der Waals surface area contributed by atoms with Gasteiger partial charge in [0.05, 0.1) is 42.5 Å². The van der Waals surface area contributed by atoms with Gasteiger partial charge in [-0.2, -0.15) is 4.98 Å². The van der Waals surface area contributed by atoms with Gasteiger partial charge in [-0.05, 0) is 26.3 Å². The first-order chi connectivity index (χ1) is 20.2. The van der Waals surface area contributed by atoms with Gasteiger partial charge in [-0.1, -0.05) is 28.8 Å². The summed E-state index contributed by atoms with van der Waals surface area (Å²) in [7, 11) is 2.96. The van der Waals surface area contributed by atoms with Crippen LogP contribution in [0.15, 0.2) is 34.8 Å². The number of ether oxygens (including phenoxy) is 3. The monoisotopic (exact) mass is 616 g/mol. The minimum atomic E-state index is -0.328. The van der Waals surface area contributed by atoms with Gasteiger partial charge in [-0.15, -0.1) is 0 Å². The molecule has 1 unspecified atom stereocenters. The van der Waals surface area contributed by atoms with Crippen molar-refractivity contribution in [3.8, 4) is 22.6 Å². The van der Waals surface area contributed by atoms with E-state index in [0.717, 1.165) is 12.0 Å². The third-order valence-electron chi connectivity index (χ3n) is 7.31. The number of halogens is 2. The summed E-state index contributed by atoms with van der Waals surface area (Å²) >= 11 is 13.4. The van der Waals surface area contributed by atoms with E-state index in [4.69, 9.17) is 42.4 Å². The second kappa shape index (κ2) is 12.9. The highest BCUT2D eigenvalue weighted by atomic mass is 35.5. The van der Waals surface area contributed by atoms with Crippen molar-refractivity contribution in [2.24, 2.45) is 0 Å². The average Bonchev–Trinajstić information content (AvgIpc) is 3.44. The predicted molar refractivity (Wildman–Crippen MR) is 163 cm³/mol. The Balaban J connectivity index is 1.49. The molecule has 0 saturated carbocycles. The van der Waals surface area contributed by atoms with Crippen LogP contribution in [0.1, 0.15) is 20.3 Å². The Kier molecular flexibility index (Phi) is 9.22. The summed E-state index contributed by atoms with van der Waals surface area (Å²) in [5.74, 6) is 1.08. The summed E-state index contributed by atoms with van der Waals surface area (Å²) in [6.45, 7) is 7.03. The Morgan fingerprint density at radius 1 is 1.14 bits per heavy atom. The highest BCUT2D eigenvalue weighted by Gasteiger charge is 2.29. The van der Waals surface area contributed by atoms with E-state index in [1.807, 2.05) is 13.8 Å². The third kappa shape index (κ3) is 6.19. The molecular formula is C29H34Cl2N6O5. The maximum atomic E-state index is 14.1. The van der Waals surface area contributed by atoms with Crippen LogP contribution >= 0.6 is 23.2 Å². The van der Waals surface area contributed by atoms with Crippen molar-refractivity contribution in [2.75, 3.05) is 52.4 Å². The highest BCUT2D eigenvalue weighted by molar-refractivity contribution is 6.41. The number of methoxy groups -OCH3 is 2. The Hall–Kier alpha value is -3.38. The summed E-state index contributed by atoms with van der Waals surface area (Å²) in [5, 5.41) is 7.77. The molecule has 1 aromatic carbocycles. The largest absolute Gasteiger partial charge is 0.495 e. The van der Waals surface area contributed by atoms with Crippen LogP contribution in [0, 0.1) is 0 Å². The van der Waals surface area contributed by atoms with E-state index in [9.17, 15) is 9.59 Å². The van der Waals surface area contributed by atoms with Gasteiger partial charge < -0.3 is 29.7 Å². The molecular weight excluding hydrogens is 583 g/mol. The number of carbonyl (C=O) groups is 1. The fourth-order valence-electron chi connectivity index (χ4n) is 5.07. The Labute approximate surface area is 253 Å². The molecule has 13 heteroatoms. The molecule has 2 aliphatic heterocycles. The van der Waals surface area contributed by atoms with Gasteiger partial charge in [0.2, 0.25) is 11.9 Å². The number of allylic oxidation sites excluding steroid dienone is 1. The minimum absolute atomic E-state index is 0.00910. The molecule has 4 heterocycles. The summed E-state index contributed by atoms with van der Waals surface area (Å²) in [6, 6.07) is 3.50. The summed E-state index contributed by atoms with van der Waals surface area (Å²) < 4.78 is 17.9. The lowest BCUT2D eigenvalue weighted by atomic mass is 10.0. The molecule has 42 heavy (non-hydrogen) atoms. The number of carbonyl (C=O) groups excluding carboxylic acids is 1. The van der Waals surface area contributed by atoms with Crippen LogP contribution in [-0.4, -0.2) is 84.5 Å². The van der Waals surface area contributed by atoms with Crippen LogP contribution in [0.4, 0.5) is 5.95 Å². The smallest absolute Gasteiger partial charge is 0.260 e. The van der Waals surface area contributed by atoms with Crippen molar-refractivity contribution in [1.82, 2.24) is 24.8 Å². The van der Waals surface area contributed by atoms with Crippen molar-refractivity contribution in [3.63, 3.8) is 0 Å². The van der Waals surface area contributed by atoms with Crippen LogP contribution in [0.3, 0.4) is 0 Å². The number of anilines is 1. The number of nitrogens with zero attached hydrogens (tertiary/aromatic N) is 4. The lowest BCUT2D eigenvalue weighted by molar-refractivity contribution is -0.130. The lowest BCUT2D eigenvalue weighted by Crippen LogP contribution is -2.60. The van der Waals surface area contributed by atoms with Crippen LogP contribution < -0.4 is 25.7 Å². The highest BCUT2D eigenvalue weighted by Crippen LogP contribution is 2.45. The molecule has 0 spiro atoms. The number of hydrogen-bond acceptors (Lipinski definition) is 9. The Bertz CT molecular complexity index is 1550. The molecule has 0 bridgehead atoms. The quantitative estimate of drug-likeness (QED) is 0.328. The first-order valence-corrected chi connectivity index (χ1v) is 14.5. The number of benzene rings is 1. The Morgan fingerprint density at radius 3 is 2.48 bits per heavy atom. The summed E-state index contributed by atoms with van der Waals surface area (Å²) in [5.41, 5.74) is 1.68. The maximum Gasteiger partial charge on any atom is 0.260 e. The van der Waals surface area contributed by atoms with Crippen LogP contribution in [0.2, 0.25) is 10.0 Å². The fraction of sp³-hybridized carbons (Fsp3) is 0.448. The van der Waals surface area contributed by atoms with Gasteiger partial charge >= 0.3 is 0 Å². The number of likely N-dealkylation sites (tertiary alicyclic amines) is 1. The molecule has 1 atom stereocenters. The topological polar surface area (TPSA) is 120 Å². The molecule has 11 nitrogen and oxygen atoms in total. The average molecular weight is 618 g/mol. The molecule has 0 radical (unpaired) electrons. The van der Waals surface area contributed by atoms with Crippen LogP contribution in [0.5, 0.6) is 11.5 Å². The van der Waals surface area contributed by atoms with E-state index < -0.39 is 0 Å². The molecule has 2 aromatic heterocycles. The van der Waals surface area contributed by atoms with Crippen molar-refractivity contribution in [3.05, 3.63) is 50.4 Å². The number of nitrogens with one attached hydrogen (secondary N) is 2. The number of fused-ring (bicyclic) bond motifs is 1. The second-order valence-electron chi connectivity index (χ2n) is 10.6. The molecule has 3 aromatic rings. The minimum Gasteiger partial charge on any atom is -0.495 e. The number of pyridine rings is 1. The molecule has 2 fully saturated rings. The maximum absolute atomic E-state index is 14.1. The van der Waals surface area contributed by atoms with Gasteiger partial charge in [-0.25, -0.2) is 4.98 Å². The van der Waals surface area contributed by atoms with Crippen molar-refractivity contribution < 1.29 is 19.0 Å². The molecule has 0 aliphatic carbocycles. The first-order valence-electron chi connectivity index (χ1n) is 13.7. The Morgan fingerprint density at radius 2 is 1.86 bits per heavy atom. The number of aromatic nitrogens is 3. The number of amides is 1. The van der Waals surface area contributed by atoms with Crippen molar-refractivity contribution in [1.29, 1.82) is 0 Å². The third-order valence-corrected chi connectivity index (χ3v) is 8.06. The predicted octanol–water partition coefficient (Wildman–Crippen LogP) is 3.75. The van der Waals surface area contributed by atoms with Crippen molar-refractivity contribution >= 4 is 46.1 Å². The lowest BCUT2D eigenvalue weighted by Gasteiger charge is -2.39. The zero-order valence-corrected chi connectivity index (χ0v) is 25.5. The van der Waals surface area contributed by atoms with E-state index in [2.05, 4.69) is 15.6 Å². The van der Waals surface area contributed by atoms with Crippen molar-refractivity contribution in [2.45, 2.75) is 38.9 Å². The summed E-state index contributed by atoms with van der Waals surface area (Å²) in [4.78, 5) is 37.4. The SMILES string of the molecule is COc1cc(OC)c(Cl)c(-c2cc3cnc(NC4CCOC4)nc3n(CCNC3CN(C(=O)C=C(C)C)C3)c2=O)c1Cl. The van der Waals surface area contributed by atoms with E-state index in [-0.39, 0.29) is 39.2 Å². The van der Waals surface area contributed by atoms with Gasteiger partial charge in [0.1, 0.15) is 17.1 Å². The van der Waals surface area contributed by atoms with Gasteiger partial charge in [0.15, 0.2) is 0 Å². The van der Waals surface area contributed by atoms with E-state index in [1.54, 1.807) is 33.9 Å². The normalized spacial score (nSPS) is 16.8. The van der Waals surface area contributed by atoms with E-state index >= 15 is 0 Å². The zero-order chi connectivity index (χ0) is 30.0. The van der Waals surface area contributed by atoms with Crippen LogP contribution in [-0.2, 0) is 16.1 Å². The standard InChI is InChI=1S/C29H34Cl2N6O5/c1-16(2)9-23(38)36-13-19(14-36)32-6-7-37-27-17(12-33-29(35-27)34-18-5-8-42-15-18)10-20(28(37)39)24-25(30)21(40-3)11-22(41-4)26(24)31/h9-12,18-19,32H,5-8,13-15H2,1-4H3,(H,33,34,35). The van der Waals surface area contributed by atoms with Crippen LogP contribution in [0.25, 0.3) is 22.2 Å². The van der Waals surface area contributed by atoms with Gasteiger partial charge in [0.25, 0.3) is 5.56 Å². The molecule has 2 saturated heterocycles. The fourth-order valence-corrected chi connectivity index (χ4v) is 5.78. The van der Waals surface area contributed by atoms with Gasteiger partial charge in [-0.3, -0.25) is 14.2 Å². The molecule has 2 aliphatic rings. The van der Waals surface area contributed by atoms with Gasteiger partial charge in [0, 0.05) is 68.1 Å².